The minimum Gasteiger partial charge on any atom is -0.497 e. The molecule has 0 atom stereocenters. The van der Waals surface area contributed by atoms with Crippen LogP contribution < -0.4 is 10.5 Å². The maximum atomic E-state index is 13.0. The Bertz CT molecular complexity index is 1280. The average Bonchev–Trinajstić information content (AvgIpc) is 3.10. The van der Waals surface area contributed by atoms with Gasteiger partial charge < -0.3 is 15.6 Å². The molecule has 0 fully saturated rings. The molecule has 4 rings (SSSR count). The number of ether oxygens (including phenoxy) is 1. The Balaban J connectivity index is 0.000000302. The summed E-state index contributed by atoms with van der Waals surface area (Å²) in [5.41, 5.74) is 9.00. The van der Waals surface area contributed by atoms with Crippen molar-refractivity contribution in [2.45, 2.75) is 19.8 Å². The van der Waals surface area contributed by atoms with E-state index in [9.17, 15) is 14.7 Å². The monoisotopic (exact) mass is 478 g/mol. The summed E-state index contributed by atoms with van der Waals surface area (Å²) in [6.45, 7) is 2.49. The average molecular weight is 479 g/mol. The van der Waals surface area contributed by atoms with Crippen molar-refractivity contribution in [2.75, 3.05) is 13.7 Å². The van der Waals surface area contributed by atoms with Gasteiger partial charge in [0.2, 0.25) is 0 Å². The van der Waals surface area contributed by atoms with Crippen LogP contribution in [0.25, 0.3) is 10.9 Å². The van der Waals surface area contributed by atoms with Crippen molar-refractivity contribution in [2.24, 2.45) is 5.73 Å². The zero-order valence-corrected chi connectivity index (χ0v) is 19.9. The van der Waals surface area contributed by atoms with E-state index in [2.05, 4.69) is 12.1 Å². The van der Waals surface area contributed by atoms with Crippen molar-refractivity contribution in [3.05, 3.63) is 100 Å². The molecule has 0 aliphatic heterocycles. The number of nitrogens with zero attached hydrogens (tertiary/aromatic N) is 1. The van der Waals surface area contributed by atoms with Gasteiger partial charge in [0.25, 0.3) is 5.91 Å². The number of carbonyl (C=O) groups is 2. The second-order valence-electron chi connectivity index (χ2n) is 7.69. The number of aromatic nitrogens is 1. The fourth-order valence-electron chi connectivity index (χ4n) is 3.76. The van der Waals surface area contributed by atoms with Crippen molar-refractivity contribution < 1.29 is 19.4 Å². The summed E-state index contributed by atoms with van der Waals surface area (Å²) in [6, 6.07) is 22.1. The Morgan fingerprint density at radius 2 is 1.71 bits per heavy atom. The number of carboxylic acid groups (broad SMARTS) is 1. The lowest BCUT2D eigenvalue weighted by atomic mass is 10.1. The Hall–Kier alpha value is -3.61. The largest absolute Gasteiger partial charge is 0.497 e. The Morgan fingerprint density at radius 3 is 2.29 bits per heavy atom. The van der Waals surface area contributed by atoms with E-state index in [1.807, 2.05) is 18.2 Å². The highest BCUT2D eigenvalue weighted by Gasteiger charge is 2.21. The third-order valence-electron chi connectivity index (χ3n) is 5.44. The molecule has 0 spiro atoms. The first-order valence-corrected chi connectivity index (χ1v) is 11.2. The van der Waals surface area contributed by atoms with Gasteiger partial charge in [-0.1, -0.05) is 41.9 Å². The lowest BCUT2D eigenvalue weighted by Crippen LogP contribution is -2.14. The van der Waals surface area contributed by atoms with E-state index in [0.29, 0.717) is 38.5 Å². The van der Waals surface area contributed by atoms with Crippen molar-refractivity contribution in [1.29, 1.82) is 0 Å². The maximum absolute atomic E-state index is 13.0. The standard InChI is InChI=1S/C19H16ClNO4.C8H11N/c1-11-15(10-18(22)23)16-9-14(25-2)7-8-17(16)21(11)19(24)12-3-5-13(20)6-4-12;9-7-6-8-4-2-1-3-5-8/h3-9H,10H2,1-2H3,(H,22,23);1-5H,6-7,9H2. The molecule has 6 nitrogen and oxygen atoms in total. The van der Waals surface area contributed by atoms with Crippen molar-refractivity contribution >= 4 is 34.4 Å². The first-order valence-electron chi connectivity index (χ1n) is 10.8. The molecule has 0 saturated heterocycles. The Kier molecular flexibility index (Phi) is 8.46. The summed E-state index contributed by atoms with van der Waals surface area (Å²) in [6.07, 6.45) is 0.817. The molecule has 1 heterocycles. The van der Waals surface area contributed by atoms with Gasteiger partial charge in [-0.05, 0) is 73.5 Å². The highest BCUT2D eigenvalue weighted by molar-refractivity contribution is 6.30. The van der Waals surface area contributed by atoms with Crippen LogP contribution in [-0.4, -0.2) is 35.2 Å². The van der Waals surface area contributed by atoms with Crippen LogP contribution in [0.1, 0.15) is 27.2 Å². The van der Waals surface area contributed by atoms with Gasteiger partial charge in [0.15, 0.2) is 0 Å². The number of halogens is 1. The summed E-state index contributed by atoms with van der Waals surface area (Å²) in [4.78, 5) is 24.3. The van der Waals surface area contributed by atoms with E-state index in [4.69, 9.17) is 22.1 Å². The van der Waals surface area contributed by atoms with Crippen LogP contribution >= 0.6 is 11.6 Å². The smallest absolute Gasteiger partial charge is 0.307 e. The maximum Gasteiger partial charge on any atom is 0.307 e. The molecule has 0 aliphatic rings. The predicted molar refractivity (Wildman–Crippen MR) is 135 cm³/mol. The highest BCUT2D eigenvalue weighted by Crippen LogP contribution is 2.30. The Morgan fingerprint density at radius 1 is 1.03 bits per heavy atom. The molecule has 0 unspecified atom stereocenters. The van der Waals surface area contributed by atoms with E-state index in [0.717, 1.165) is 13.0 Å². The summed E-state index contributed by atoms with van der Waals surface area (Å²) in [7, 11) is 1.54. The van der Waals surface area contributed by atoms with Gasteiger partial charge in [-0.2, -0.15) is 0 Å². The fraction of sp³-hybridized carbons (Fsp3) is 0.185. The Labute approximate surface area is 203 Å². The second kappa shape index (κ2) is 11.5. The second-order valence-corrected chi connectivity index (χ2v) is 8.13. The molecule has 0 radical (unpaired) electrons. The number of aliphatic carboxylic acids is 1. The minimum atomic E-state index is -0.955. The lowest BCUT2D eigenvalue weighted by molar-refractivity contribution is -0.136. The SMILES string of the molecule is COc1ccc2c(c1)c(CC(=O)O)c(C)n2C(=O)c1ccc(Cl)cc1.NCCc1ccccc1. The van der Waals surface area contributed by atoms with Gasteiger partial charge in [-0.15, -0.1) is 0 Å². The highest BCUT2D eigenvalue weighted by atomic mass is 35.5. The summed E-state index contributed by atoms with van der Waals surface area (Å²) in [5.74, 6) is -0.583. The van der Waals surface area contributed by atoms with Crippen LogP contribution in [0.3, 0.4) is 0 Å². The van der Waals surface area contributed by atoms with Gasteiger partial charge >= 0.3 is 5.97 Å². The van der Waals surface area contributed by atoms with Crippen LogP contribution in [0.4, 0.5) is 0 Å². The third kappa shape index (κ3) is 5.84. The van der Waals surface area contributed by atoms with Gasteiger partial charge in [-0.25, -0.2) is 0 Å². The molecule has 0 bridgehead atoms. The van der Waals surface area contributed by atoms with Gasteiger partial charge in [0.1, 0.15) is 5.75 Å². The van der Waals surface area contributed by atoms with Crippen LogP contribution in [-0.2, 0) is 17.6 Å². The van der Waals surface area contributed by atoms with Crippen molar-refractivity contribution in [3.8, 4) is 5.75 Å². The van der Waals surface area contributed by atoms with Crippen molar-refractivity contribution in [1.82, 2.24) is 4.57 Å². The van der Waals surface area contributed by atoms with Crippen LogP contribution in [0.2, 0.25) is 5.02 Å². The van der Waals surface area contributed by atoms with E-state index in [1.165, 1.54) is 10.1 Å². The molecule has 1 aromatic heterocycles. The van der Waals surface area contributed by atoms with Crippen LogP contribution in [0.15, 0.2) is 72.8 Å². The summed E-state index contributed by atoms with van der Waals surface area (Å²) < 4.78 is 6.77. The molecule has 34 heavy (non-hydrogen) atoms. The van der Waals surface area contributed by atoms with Crippen molar-refractivity contribution in [3.63, 3.8) is 0 Å². The molecule has 3 aromatic carbocycles. The van der Waals surface area contributed by atoms with E-state index < -0.39 is 5.97 Å². The van der Waals surface area contributed by atoms with Crippen LogP contribution in [0, 0.1) is 6.92 Å². The molecule has 0 amide bonds. The zero-order chi connectivity index (χ0) is 24.7. The number of methoxy groups -OCH3 is 1. The number of hydrogen-bond acceptors (Lipinski definition) is 4. The number of hydrogen-bond donors (Lipinski definition) is 2. The lowest BCUT2D eigenvalue weighted by Gasteiger charge is -2.08. The molecular weight excluding hydrogens is 452 g/mol. The molecule has 0 aliphatic carbocycles. The number of benzene rings is 3. The molecular formula is C27H27ClN2O4. The fourth-order valence-corrected chi connectivity index (χ4v) is 3.88. The van der Waals surface area contributed by atoms with E-state index in [1.54, 1.807) is 56.5 Å². The number of carbonyl (C=O) groups excluding carboxylic acids is 1. The molecule has 3 N–H and O–H groups in total. The first kappa shape index (κ1) is 25.0. The number of carboxylic acids is 1. The van der Waals surface area contributed by atoms with Gasteiger partial charge in [0.05, 0.1) is 19.0 Å². The molecule has 0 saturated carbocycles. The predicted octanol–water partition coefficient (Wildman–Crippen LogP) is 5.12. The third-order valence-corrected chi connectivity index (χ3v) is 5.69. The van der Waals surface area contributed by atoms with Crippen LogP contribution in [0.5, 0.6) is 5.75 Å². The number of nitrogens with two attached hydrogens (primary N) is 1. The summed E-state index contributed by atoms with van der Waals surface area (Å²) in [5, 5.41) is 10.5. The topological polar surface area (TPSA) is 94.5 Å². The molecule has 4 aromatic rings. The first-order chi connectivity index (χ1) is 16.3. The van der Waals surface area contributed by atoms with Gasteiger partial charge in [0, 0.05) is 21.7 Å². The van der Waals surface area contributed by atoms with Gasteiger partial charge in [-0.3, -0.25) is 14.2 Å². The minimum absolute atomic E-state index is 0.170. The quantitative estimate of drug-likeness (QED) is 0.401. The van der Waals surface area contributed by atoms with E-state index >= 15 is 0 Å². The number of fused-ring (bicyclic) bond motifs is 1. The summed E-state index contributed by atoms with van der Waals surface area (Å²) >= 11 is 5.89. The zero-order valence-electron chi connectivity index (χ0n) is 19.1. The normalized spacial score (nSPS) is 10.5. The molecule has 7 heteroatoms. The molecule has 176 valence electrons. The van der Waals surface area contributed by atoms with E-state index in [-0.39, 0.29) is 12.3 Å². The number of rotatable bonds is 6.